The SMILES string of the molecule is CC(C)NCCC(=O)Nc1ccc2[nH]ccc2c1. The molecule has 0 aliphatic heterocycles. The number of H-pyrrole nitrogens is 1. The highest BCUT2D eigenvalue weighted by atomic mass is 16.1. The Labute approximate surface area is 107 Å². The lowest BCUT2D eigenvalue weighted by Crippen LogP contribution is -2.27. The molecule has 0 atom stereocenters. The molecule has 4 nitrogen and oxygen atoms in total. The van der Waals surface area contributed by atoms with E-state index in [0.717, 1.165) is 16.6 Å². The molecule has 0 bridgehead atoms. The smallest absolute Gasteiger partial charge is 0.225 e. The van der Waals surface area contributed by atoms with E-state index in [-0.39, 0.29) is 5.91 Å². The third-order valence-electron chi connectivity index (χ3n) is 2.74. The normalized spacial score (nSPS) is 11.1. The van der Waals surface area contributed by atoms with E-state index in [2.05, 4.69) is 29.5 Å². The van der Waals surface area contributed by atoms with Gasteiger partial charge in [-0.1, -0.05) is 13.8 Å². The van der Waals surface area contributed by atoms with Crippen molar-refractivity contribution in [3.8, 4) is 0 Å². The summed E-state index contributed by atoms with van der Waals surface area (Å²) in [6, 6.07) is 8.25. The van der Waals surface area contributed by atoms with Crippen LogP contribution in [-0.4, -0.2) is 23.5 Å². The van der Waals surface area contributed by atoms with Crippen LogP contribution < -0.4 is 10.6 Å². The van der Waals surface area contributed by atoms with Crippen LogP contribution in [0.2, 0.25) is 0 Å². The number of hydrogen-bond acceptors (Lipinski definition) is 2. The fourth-order valence-electron chi connectivity index (χ4n) is 1.83. The van der Waals surface area contributed by atoms with Crippen LogP contribution in [0.4, 0.5) is 5.69 Å². The van der Waals surface area contributed by atoms with Gasteiger partial charge in [0.25, 0.3) is 0 Å². The number of amides is 1. The van der Waals surface area contributed by atoms with Crippen molar-refractivity contribution < 1.29 is 4.79 Å². The Hall–Kier alpha value is -1.81. The van der Waals surface area contributed by atoms with E-state index < -0.39 is 0 Å². The van der Waals surface area contributed by atoms with Crippen LogP contribution in [-0.2, 0) is 4.79 Å². The third-order valence-corrected chi connectivity index (χ3v) is 2.74. The Balaban J connectivity index is 1.90. The third kappa shape index (κ3) is 3.34. The topological polar surface area (TPSA) is 56.9 Å². The van der Waals surface area contributed by atoms with E-state index in [4.69, 9.17) is 0 Å². The van der Waals surface area contributed by atoms with E-state index in [1.807, 2.05) is 30.5 Å². The van der Waals surface area contributed by atoms with Crippen molar-refractivity contribution in [2.75, 3.05) is 11.9 Å². The quantitative estimate of drug-likeness (QED) is 0.758. The van der Waals surface area contributed by atoms with Crippen molar-refractivity contribution >= 4 is 22.5 Å². The maximum atomic E-state index is 11.7. The molecule has 2 aromatic rings. The number of carbonyl (C=O) groups excluding carboxylic acids is 1. The molecule has 0 spiro atoms. The number of anilines is 1. The number of fused-ring (bicyclic) bond motifs is 1. The van der Waals surface area contributed by atoms with Crippen molar-refractivity contribution in [3.05, 3.63) is 30.5 Å². The number of aromatic amines is 1. The van der Waals surface area contributed by atoms with E-state index in [1.165, 1.54) is 0 Å². The predicted molar refractivity (Wildman–Crippen MR) is 74.7 cm³/mol. The van der Waals surface area contributed by atoms with Crippen LogP contribution in [0.15, 0.2) is 30.5 Å². The van der Waals surface area contributed by atoms with Crippen molar-refractivity contribution in [2.45, 2.75) is 26.3 Å². The molecule has 2 rings (SSSR count). The summed E-state index contributed by atoms with van der Waals surface area (Å²) in [5.74, 6) is 0.0398. The van der Waals surface area contributed by atoms with Crippen LogP contribution in [0.5, 0.6) is 0 Å². The molecule has 1 aromatic carbocycles. The molecule has 0 saturated heterocycles. The molecule has 1 heterocycles. The lowest BCUT2D eigenvalue weighted by atomic mass is 10.2. The molecule has 0 aliphatic carbocycles. The maximum absolute atomic E-state index is 11.7. The Kier molecular flexibility index (Phi) is 3.99. The summed E-state index contributed by atoms with van der Waals surface area (Å²) < 4.78 is 0. The first-order chi connectivity index (χ1) is 8.65. The molecular formula is C14H19N3O. The molecule has 96 valence electrons. The van der Waals surface area contributed by atoms with Crippen LogP contribution >= 0.6 is 0 Å². The second kappa shape index (κ2) is 5.69. The number of aromatic nitrogens is 1. The molecule has 1 amide bonds. The fourth-order valence-corrected chi connectivity index (χ4v) is 1.83. The average molecular weight is 245 g/mol. The highest BCUT2D eigenvalue weighted by molar-refractivity contribution is 5.93. The zero-order valence-electron chi connectivity index (χ0n) is 10.8. The second-order valence-electron chi connectivity index (χ2n) is 4.69. The zero-order valence-corrected chi connectivity index (χ0v) is 10.8. The summed E-state index contributed by atoms with van der Waals surface area (Å²) in [5.41, 5.74) is 1.92. The molecule has 18 heavy (non-hydrogen) atoms. The summed E-state index contributed by atoms with van der Waals surface area (Å²) in [4.78, 5) is 14.8. The lowest BCUT2D eigenvalue weighted by molar-refractivity contribution is -0.116. The Morgan fingerprint density at radius 1 is 1.33 bits per heavy atom. The van der Waals surface area contributed by atoms with Gasteiger partial charge in [0.15, 0.2) is 0 Å². The number of hydrogen-bond donors (Lipinski definition) is 3. The van der Waals surface area contributed by atoms with E-state index in [1.54, 1.807) is 0 Å². The summed E-state index contributed by atoms with van der Waals surface area (Å²) in [6.07, 6.45) is 2.38. The molecule has 1 aromatic heterocycles. The molecule has 4 heteroatoms. The molecule has 0 saturated carbocycles. The molecule has 0 unspecified atom stereocenters. The van der Waals surface area contributed by atoms with Gasteiger partial charge < -0.3 is 15.6 Å². The first-order valence-corrected chi connectivity index (χ1v) is 6.25. The molecular weight excluding hydrogens is 226 g/mol. The first kappa shape index (κ1) is 12.6. The van der Waals surface area contributed by atoms with Gasteiger partial charge in [-0.2, -0.15) is 0 Å². The summed E-state index contributed by atoms with van der Waals surface area (Å²) in [6.45, 7) is 4.84. The number of carbonyl (C=O) groups is 1. The number of rotatable bonds is 5. The van der Waals surface area contributed by atoms with E-state index >= 15 is 0 Å². The predicted octanol–water partition coefficient (Wildman–Crippen LogP) is 2.49. The highest BCUT2D eigenvalue weighted by Crippen LogP contribution is 2.17. The van der Waals surface area contributed by atoms with Crippen molar-refractivity contribution in [2.24, 2.45) is 0 Å². The Morgan fingerprint density at radius 2 is 2.17 bits per heavy atom. The Bertz CT molecular complexity index is 531. The molecule has 0 aliphatic rings. The minimum atomic E-state index is 0.0398. The van der Waals surface area contributed by atoms with Crippen molar-refractivity contribution in [1.82, 2.24) is 10.3 Å². The molecule has 0 radical (unpaired) electrons. The Morgan fingerprint density at radius 3 is 2.94 bits per heavy atom. The number of benzene rings is 1. The van der Waals surface area contributed by atoms with E-state index in [9.17, 15) is 4.79 Å². The van der Waals surface area contributed by atoms with Gasteiger partial charge >= 0.3 is 0 Å². The average Bonchev–Trinajstić information content (AvgIpc) is 2.75. The van der Waals surface area contributed by atoms with Gasteiger partial charge in [0.2, 0.25) is 5.91 Å². The van der Waals surface area contributed by atoms with Crippen LogP contribution in [0.25, 0.3) is 10.9 Å². The van der Waals surface area contributed by atoms with Gasteiger partial charge in [-0.3, -0.25) is 4.79 Å². The van der Waals surface area contributed by atoms with Crippen molar-refractivity contribution in [3.63, 3.8) is 0 Å². The monoisotopic (exact) mass is 245 g/mol. The zero-order chi connectivity index (χ0) is 13.0. The van der Waals surface area contributed by atoms with E-state index in [0.29, 0.717) is 19.0 Å². The minimum absolute atomic E-state index is 0.0398. The van der Waals surface area contributed by atoms with Crippen LogP contribution in [0, 0.1) is 0 Å². The summed E-state index contributed by atoms with van der Waals surface area (Å²) in [5, 5.41) is 7.23. The van der Waals surface area contributed by atoms with Crippen molar-refractivity contribution in [1.29, 1.82) is 0 Å². The summed E-state index contributed by atoms with van der Waals surface area (Å²) >= 11 is 0. The van der Waals surface area contributed by atoms with Gasteiger partial charge in [-0.05, 0) is 24.3 Å². The molecule has 3 N–H and O–H groups in total. The fraction of sp³-hybridized carbons (Fsp3) is 0.357. The largest absolute Gasteiger partial charge is 0.361 e. The second-order valence-corrected chi connectivity index (χ2v) is 4.69. The van der Waals surface area contributed by atoms with Gasteiger partial charge in [-0.25, -0.2) is 0 Å². The van der Waals surface area contributed by atoms with Gasteiger partial charge in [0.1, 0.15) is 0 Å². The van der Waals surface area contributed by atoms with Crippen LogP contribution in [0.3, 0.4) is 0 Å². The first-order valence-electron chi connectivity index (χ1n) is 6.25. The lowest BCUT2D eigenvalue weighted by Gasteiger charge is -2.08. The summed E-state index contributed by atoms with van der Waals surface area (Å²) in [7, 11) is 0. The minimum Gasteiger partial charge on any atom is -0.361 e. The highest BCUT2D eigenvalue weighted by Gasteiger charge is 2.03. The van der Waals surface area contributed by atoms with Crippen LogP contribution in [0.1, 0.15) is 20.3 Å². The van der Waals surface area contributed by atoms with Gasteiger partial charge in [-0.15, -0.1) is 0 Å². The van der Waals surface area contributed by atoms with Gasteiger partial charge in [0, 0.05) is 41.8 Å². The maximum Gasteiger partial charge on any atom is 0.225 e. The number of nitrogens with one attached hydrogen (secondary N) is 3. The molecule has 0 fully saturated rings. The van der Waals surface area contributed by atoms with Gasteiger partial charge in [0.05, 0.1) is 0 Å². The standard InChI is InChI=1S/C14H19N3O/c1-10(2)15-8-6-14(18)17-12-3-4-13-11(9-12)5-7-16-13/h3-5,7,9-10,15-16H,6,8H2,1-2H3,(H,17,18).